The summed E-state index contributed by atoms with van der Waals surface area (Å²) in [7, 11) is 0. The molecular formula is C23H28N2O2S. The van der Waals surface area contributed by atoms with Crippen LogP contribution in [-0.4, -0.2) is 59.3 Å². The Morgan fingerprint density at radius 1 is 1.00 bits per heavy atom. The molecule has 1 atom stereocenters. The largest absolute Gasteiger partial charge is 0.387 e. The van der Waals surface area contributed by atoms with E-state index in [0.717, 1.165) is 31.7 Å². The fraction of sp³-hybridized carbons (Fsp3) is 0.435. The SMILES string of the molecule is O=C(CSc1ccc2c(c1)CCC2)N1CCN(CC(O)c2ccccc2)CC1. The first-order valence-electron chi connectivity index (χ1n) is 10.2. The van der Waals surface area contributed by atoms with Crippen LogP contribution >= 0.6 is 11.8 Å². The van der Waals surface area contributed by atoms with E-state index in [-0.39, 0.29) is 5.91 Å². The third-order valence-corrected chi connectivity index (χ3v) is 6.75. The maximum absolute atomic E-state index is 12.6. The summed E-state index contributed by atoms with van der Waals surface area (Å²) in [6.07, 6.45) is 3.15. The number of aliphatic hydroxyl groups excluding tert-OH is 1. The quantitative estimate of drug-likeness (QED) is 0.762. The van der Waals surface area contributed by atoms with Gasteiger partial charge in [-0.25, -0.2) is 0 Å². The third kappa shape index (κ3) is 4.77. The Balaban J connectivity index is 1.22. The van der Waals surface area contributed by atoms with E-state index in [2.05, 4.69) is 23.1 Å². The van der Waals surface area contributed by atoms with Crippen LogP contribution < -0.4 is 0 Å². The predicted octanol–water partition coefficient (Wildman–Crippen LogP) is 3.15. The molecule has 1 aliphatic heterocycles. The monoisotopic (exact) mass is 396 g/mol. The fourth-order valence-electron chi connectivity index (χ4n) is 4.08. The molecule has 1 saturated heterocycles. The molecule has 4 rings (SSSR count). The van der Waals surface area contributed by atoms with Crippen LogP contribution in [0.1, 0.15) is 29.2 Å². The zero-order chi connectivity index (χ0) is 19.3. The number of rotatable bonds is 6. The van der Waals surface area contributed by atoms with Crippen LogP contribution in [-0.2, 0) is 17.6 Å². The molecule has 1 N–H and O–H groups in total. The Morgan fingerprint density at radius 2 is 1.75 bits per heavy atom. The normalized spacial score (nSPS) is 18.1. The van der Waals surface area contributed by atoms with E-state index >= 15 is 0 Å². The van der Waals surface area contributed by atoms with Crippen molar-refractivity contribution in [1.29, 1.82) is 0 Å². The van der Waals surface area contributed by atoms with Crippen LogP contribution in [0, 0.1) is 0 Å². The van der Waals surface area contributed by atoms with Gasteiger partial charge in [-0.15, -0.1) is 11.8 Å². The van der Waals surface area contributed by atoms with E-state index in [4.69, 9.17) is 0 Å². The van der Waals surface area contributed by atoms with Gasteiger partial charge in [0.25, 0.3) is 0 Å². The topological polar surface area (TPSA) is 43.8 Å². The van der Waals surface area contributed by atoms with E-state index in [1.165, 1.54) is 35.3 Å². The number of aliphatic hydroxyl groups is 1. The molecule has 0 saturated carbocycles. The van der Waals surface area contributed by atoms with Gasteiger partial charge in [0, 0.05) is 37.6 Å². The first-order chi connectivity index (χ1) is 13.7. The van der Waals surface area contributed by atoms with E-state index in [0.29, 0.717) is 12.3 Å². The molecule has 0 spiro atoms. The van der Waals surface area contributed by atoms with Crippen LogP contribution in [0.3, 0.4) is 0 Å². The van der Waals surface area contributed by atoms with Gasteiger partial charge in [0.2, 0.25) is 5.91 Å². The van der Waals surface area contributed by atoms with Crippen LogP contribution in [0.4, 0.5) is 0 Å². The molecule has 1 heterocycles. The van der Waals surface area contributed by atoms with Gasteiger partial charge in [0.15, 0.2) is 0 Å². The number of fused-ring (bicyclic) bond motifs is 1. The maximum Gasteiger partial charge on any atom is 0.233 e. The Hall–Kier alpha value is -1.82. The molecule has 0 bridgehead atoms. The summed E-state index contributed by atoms with van der Waals surface area (Å²) < 4.78 is 0. The summed E-state index contributed by atoms with van der Waals surface area (Å²) >= 11 is 1.65. The summed E-state index contributed by atoms with van der Waals surface area (Å²) in [5, 5.41) is 10.4. The highest BCUT2D eigenvalue weighted by Gasteiger charge is 2.23. The number of aryl methyl sites for hydroxylation is 2. The first kappa shape index (κ1) is 19.5. The minimum absolute atomic E-state index is 0.216. The Kier molecular flexibility index (Phi) is 6.35. The molecule has 5 heteroatoms. The van der Waals surface area contributed by atoms with Crippen molar-refractivity contribution >= 4 is 17.7 Å². The van der Waals surface area contributed by atoms with Crippen LogP contribution in [0.2, 0.25) is 0 Å². The van der Waals surface area contributed by atoms with Crippen LogP contribution in [0.25, 0.3) is 0 Å². The lowest BCUT2D eigenvalue weighted by Crippen LogP contribution is -2.50. The fourth-order valence-corrected chi connectivity index (χ4v) is 4.94. The molecule has 1 amide bonds. The van der Waals surface area contributed by atoms with Gasteiger partial charge in [-0.2, -0.15) is 0 Å². The van der Waals surface area contributed by atoms with E-state index < -0.39 is 6.10 Å². The lowest BCUT2D eigenvalue weighted by atomic mass is 10.1. The van der Waals surface area contributed by atoms with Gasteiger partial charge in [0.05, 0.1) is 11.9 Å². The van der Waals surface area contributed by atoms with E-state index in [9.17, 15) is 9.90 Å². The molecular weight excluding hydrogens is 368 g/mol. The standard InChI is InChI=1S/C23H28N2O2S/c26-22(19-5-2-1-3-6-19)16-24-11-13-25(14-12-24)23(27)17-28-21-10-9-18-7-4-8-20(18)15-21/h1-3,5-6,9-10,15,22,26H,4,7-8,11-14,16-17H2. The van der Waals surface area contributed by atoms with E-state index in [1.54, 1.807) is 11.8 Å². The number of carbonyl (C=O) groups excluding carboxylic acids is 1. The van der Waals surface area contributed by atoms with Crippen LogP contribution in [0.5, 0.6) is 0 Å². The number of hydrogen-bond acceptors (Lipinski definition) is 4. The Morgan fingerprint density at radius 3 is 2.54 bits per heavy atom. The van der Waals surface area contributed by atoms with Crippen molar-refractivity contribution in [3.63, 3.8) is 0 Å². The number of hydrogen-bond donors (Lipinski definition) is 1. The number of β-amino-alcohol motifs (C(OH)–C–C–N with tert-alkyl or cyclic N) is 1. The maximum atomic E-state index is 12.6. The number of piperazine rings is 1. The molecule has 2 aromatic rings. The zero-order valence-corrected chi connectivity index (χ0v) is 17.0. The predicted molar refractivity (Wildman–Crippen MR) is 114 cm³/mol. The number of benzene rings is 2. The highest BCUT2D eigenvalue weighted by molar-refractivity contribution is 8.00. The highest BCUT2D eigenvalue weighted by atomic mass is 32.2. The summed E-state index contributed by atoms with van der Waals surface area (Å²) in [5.74, 6) is 0.722. The molecule has 0 aromatic heterocycles. The lowest BCUT2D eigenvalue weighted by Gasteiger charge is -2.35. The molecule has 2 aliphatic rings. The number of carbonyl (C=O) groups is 1. The van der Waals surface area contributed by atoms with Gasteiger partial charge in [-0.3, -0.25) is 9.69 Å². The molecule has 148 valence electrons. The van der Waals surface area contributed by atoms with Gasteiger partial charge in [-0.05, 0) is 48.1 Å². The molecule has 28 heavy (non-hydrogen) atoms. The second-order valence-corrected chi connectivity index (χ2v) is 8.73. The van der Waals surface area contributed by atoms with Crippen molar-refractivity contribution in [3.05, 3.63) is 65.2 Å². The zero-order valence-electron chi connectivity index (χ0n) is 16.2. The van der Waals surface area contributed by atoms with Crippen molar-refractivity contribution in [3.8, 4) is 0 Å². The van der Waals surface area contributed by atoms with Crippen molar-refractivity contribution < 1.29 is 9.90 Å². The van der Waals surface area contributed by atoms with Gasteiger partial charge in [0.1, 0.15) is 0 Å². The van der Waals surface area contributed by atoms with E-state index in [1.807, 2.05) is 35.2 Å². The van der Waals surface area contributed by atoms with Gasteiger partial charge in [-0.1, -0.05) is 36.4 Å². The van der Waals surface area contributed by atoms with Crippen molar-refractivity contribution in [2.45, 2.75) is 30.3 Å². The third-order valence-electron chi connectivity index (χ3n) is 5.77. The summed E-state index contributed by atoms with van der Waals surface area (Å²) in [6.45, 7) is 3.74. The molecule has 0 radical (unpaired) electrons. The smallest absolute Gasteiger partial charge is 0.233 e. The lowest BCUT2D eigenvalue weighted by molar-refractivity contribution is -0.130. The summed E-state index contributed by atoms with van der Waals surface area (Å²) in [6, 6.07) is 16.4. The summed E-state index contributed by atoms with van der Waals surface area (Å²) in [5.41, 5.74) is 3.89. The minimum Gasteiger partial charge on any atom is -0.387 e. The number of nitrogens with zero attached hydrogens (tertiary/aromatic N) is 2. The molecule has 1 unspecified atom stereocenters. The minimum atomic E-state index is -0.473. The first-order valence-corrected chi connectivity index (χ1v) is 11.2. The number of thioether (sulfide) groups is 1. The Labute approximate surface area is 171 Å². The number of amides is 1. The second kappa shape index (κ2) is 9.12. The van der Waals surface area contributed by atoms with Crippen LogP contribution in [0.15, 0.2) is 53.4 Å². The van der Waals surface area contributed by atoms with Crippen molar-refractivity contribution in [2.75, 3.05) is 38.5 Å². The second-order valence-electron chi connectivity index (χ2n) is 7.68. The Bertz CT molecular complexity index is 804. The average Bonchev–Trinajstić information content (AvgIpc) is 3.21. The molecule has 2 aromatic carbocycles. The van der Waals surface area contributed by atoms with Gasteiger partial charge < -0.3 is 10.0 Å². The van der Waals surface area contributed by atoms with Gasteiger partial charge >= 0.3 is 0 Å². The summed E-state index contributed by atoms with van der Waals surface area (Å²) in [4.78, 5) is 18.0. The van der Waals surface area contributed by atoms with Crippen molar-refractivity contribution in [1.82, 2.24) is 9.80 Å². The average molecular weight is 397 g/mol. The molecule has 1 fully saturated rings. The highest BCUT2D eigenvalue weighted by Crippen LogP contribution is 2.27. The molecule has 4 nitrogen and oxygen atoms in total. The van der Waals surface area contributed by atoms with Crippen molar-refractivity contribution in [2.24, 2.45) is 0 Å². The molecule has 1 aliphatic carbocycles.